The van der Waals surface area contributed by atoms with Gasteiger partial charge in [0.15, 0.2) is 0 Å². The number of rotatable bonds is 8. The van der Waals surface area contributed by atoms with Crippen LogP contribution < -0.4 is 20.3 Å². The molecule has 0 bridgehead atoms. The van der Waals surface area contributed by atoms with Gasteiger partial charge in [0.25, 0.3) is 5.91 Å². The van der Waals surface area contributed by atoms with Gasteiger partial charge >= 0.3 is 0 Å². The fourth-order valence-corrected chi connectivity index (χ4v) is 3.93. The average Bonchev–Trinajstić information content (AvgIpc) is 3.26. The van der Waals surface area contributed by atoms with Crippen molar-refractivity contribution in [3.05, 3.63) is 89.7 Å². The summed E-state index contributed by atoms with van der Waals surface area (Å²) >= 11 is 0. The van der Waals surface area contributed by atoms with E-state index < -0.39 is 5.92 Å². The molecule has 1 aliphatic heterocycles. The molecule has 1 aliphatic rings. The summed E-state index contributed by atoms with van der Waals surface area (Å²) < 4.78 is 18.5. The van der Waals surface area contributed by atoms with Gasteiger partial charge in [-0.3, -0.25) is 14.4 Å². The zero-order valence-corrected chi connectivity index (χ0v) is 19.3. The summed E-state index contributed by atoms with van der Waals surface area (Å²) in [7, 11) is 0. The molecule has 1 atom stereocenters. The molecule has 0 aliphatic carbocycles. The van der Waals surface area contributed by atoms with Gasteiger partial charge in [0.05, 0.1) is 23.8 Å². The van der Waals surface area contributed by atoms with Crippen LogP contribution >= 0.6 is 0 Å². The van der Waals surface area contributed by atoms with E-state index in [1.165, 1.54) is 12.1 Å². The van der Waals surface area contributed by atoms with Crippen molar-refractivity contribution in [2.24, 2.45) is 5.92 Å². The molecule has 0 saturated carbocycles. The number of amides is 3. The number of ether oxygens (including phenoxy) is 1. The molecule has 3 aromatic carbocycles. The zero-order chi connectivity index (χ0) is 24.8. The minimum absolute atomic E-state index is 0.0813. The second-order valence-electron chi connectivity index (χ2n) is 8.18. The molecule has 2 N–H and O–H groups in total. The third-order valence-electron chi connectivity index (χ3n) is 5.75. The predicted octanol–water partition coefficient (Wildman–Crippen LogP) is 4.15. The average molecular weight is 476 g/mol. The second kappa shape index (κ2) is 10.8. The fourth-order valence-electron chi connectivity index (χ4n) is 3.93. The molecule has 4 rings (SSSR count). The highest BCUT2D eigenvalue weighted by atomic mass is 19.1. The first-order valence-corrected chi connectivity index (χ1v) is 11.4. The van der Waals surface area contributed by atoms with Crippen LogP contribution in [0.5, 0.6) is 5.75 Å². The lowest BCUT2D eigenvalue weighted by atomic mass is 10.1. The second-order valence-corrected chi connectivity index (χ2v) is 8.18. The van der Waals surface area contributed by atoms with E-state index in [0.717, 1.165) is 5.56 Å². The summed E-state index contributed by atoms with van der Waals surface area (Å²) in [4.78, 5) is 39.9. The highest BCUT2D eigenvalue weighted by molar-refractivity contribution is 6.07. The van der Waals surface area contributed by atoms with Crippen LogP contribution in [0.2, 0.25) is 0 Å². The van der Waals surface area contributed by atoms with Crippen LogP contribution in [0.3, 0.4) is 0 Å². The molecule has 0 aromatic heterocycles. The molecule has 8 heteroatoms. The van der Waals surface area contributed by atoms with E-state index in [1.807, 2.05) is 6.92 Å². The van der Waals surface area contributed by atoms with Crippen molar-refractivity contribution in [1.82, 2.24) is 5.32 Å². The molecule has 1 saturated heterocycles. The summed E-state index contributed by atoms with van der Waals surface area (Å²) in [6, 6.07) is 19.7. The molecule has 1 fully saturated rings. The maximum absolute atomic E-state index is 13.1. The Bertz CT molecular complexity index is 1210. The third-order valence-corrected chi connectivity index (χ3v) is 5.75. The van der Waals surface area contributed by atoms with Gasteiger partial charge in [-0.2, -0.15) is 0 Å². The molecule has 35 heavy (non-hydrogen) atoms. The standard InChI is InChI=1S/C27H26FN3O4/c1-2-35-22-13-11-21(12-14-22)31-17-19(15-25(31)32)26(33)30-24-6-4-3-5-23(24)27(34)29-16-18-7-9-20(28)10-8-18/h3-14,19H,2,15-17H2,1H3,(H,29,34)(H,30,33)/t19-/m1/s1. The monoisotopic (exact) mass is 475 g/mol. The lowest BCUT2D eigenvalue weighted by Gasteiger charge is -2.17. The number of para-hydroxylation sites is 1. The van der Waals surface area contributed by atoms with Crippen molar-refractivity contribution in [3.8, 4) is 5.75 Å². The molecular weight excluding hydrogens is 449 g/mol. The van der Waals surface area contributed by atoms with Crippen LogP contribution in [0.1, 0.15) is 29.3 Å². The van der Waals surface area contributed by atoms with E-state index in [4.69, 9.17) is 4.74 Å². The van der Waals surface area contributed by atoms with E-state index in [2.05, 4.69) is 10.6 Å². The molecule has 3 aromatic rings. The topological polar surface area (TPSA) is 87.7 Å². The number of carbonyl (C=O) groups excluding carboxylic acids is 3. The lowest BCUT2D eigenvalue weighted by molar-refractivity contribution is -0.122. The number of nitrogens with one attached hydrogen (secondary N) is 2. The van der Waals surface area contributed by atoms with Gasteiger partial charge in [0.2, 0.25) is 11.8 Å². The zero-order valence-electron chi connectivity index (χ0n) is 19.3. The molecule has 3 amide bonds. The smallest absolute Gasteiger partial charge is 0.253 e. The van der Waals surface area contributed by atoms with Crippen molar-refractivity contribution in [1.29, 1.82) is 0 Å². The Hall–Kier alpha value is -4.20. The van der Waals surface area contributed by atoms with Crippen molar-refractivity contribution < 1.29 is 23.5 Å². The van der Waals surface area contributed by atoms with Crippen LogP contribution in [0.4, 0.5) is 15.8 Å². The number of hydrogen-bond donors (Lipinski definition) is 2. The van der Waals surface area contributed by atoms with Crippen LogP contribution in [0.25, 0.3) is 0 Å². The van der Waals surface area contributed by atoms with Crippen molar-refractivity contribution in [3.63, 3.8) is 0 Å². The maximum Gasteiger partial charge on any atom is 0.253 e. The molecule has 1 heterocycles. The summed E-state index contributed by atoms with van der Waals surface area (Å²) in [5, 5.41) is 5.59. The van der Waals surface area contributed by atoms with Gasteiger partial charge in [-0.1, -0.05) is 24.3 Å². The van der Waals surface area contributed by atoms with E-state index in [1.54, 1.807) is 65.6 Å². The van der Waals surface area contributed by atoms with Gasteiger partial charge in [0.1, 0.15) is 11.6 Å². The number of benzene rings is 3. The Morgan fingerprint density at radius 2 is 1.74 bits per heavy atom. The molecule has 180 valence electrons. The van der Waals surface area contributed by atoms with E-state index in [-0.39, 0.29) is 43.0 Å². The first-order chi connectivity index (χ1) is 16.9. The highest BCUT2D eigenvalue weighted by Gasteiger charge is 2.35. The molecule has 0 unspecified atom stereocenters. The molecule has 0 spiro atoms. The Morgan fingerprint density at radius 3 is 2.46 bits per heavy atom. The Kier molecular flexibility index (Phi) is 7.40. The van der Waals surface area contributed by atoms with Gasteiger partial charge in [-0.25, -0.2) is 4.39 Å². The van der Waals surface area contributed by atoms with E-state index in [9.17, 15) is 18.8 Å². The normalized spacial score (nSPS) is 15.1. The first-order valence-electron chi connectivity index (χ1n) is 11.4. The number of hydrogen-bond acceptors (Lipinski definition) is 4. The van der Waals surface area contributed by atoms with Crippen molar-refractivity contribution in [2.75, 3.05) is 23.4 Å². The van der Waals surface area contributed by atoms with Crippen LogP contribution in [0.15, 0.2) is 72.8 Å². The Labute approximate surface area is 202 Å². The quantitative estimate of drug-likeness (QED) is 0.513. The van der Waals surface area contributed by atoms with Crippen LogP contribution in [0, 0.1) is 11.7 Å². The summed E-state index contributed by atoms with van der Waals surface area (Å²) in [5.41, 5.74) is 2.12. The van der Waals surface area contributed by atoms with Crippen molar-refractivity contribution in [2.45, 2.75) is 19.9 Å². The van der Waals surface area contributed by atoms with Gasteiger partial charge in [0, 0.05) is 25.2 Å². The maximum atomic E-state index is 13.1. The van der Waals surface area contributed by atoms with Gasteiger partial charge in [-0.15, -0.1) is 0 Å². The lowest BCUT2D eigenvalue weighted by Crippen LogP contribution is -2.29. The number of halogens is 1. The van der Waals surface area contributed by atoms with E-state index >= 15 is 0 Å². The molecular formula is C27H26FN3O4. The highest BCUT2D eigenvalue weighted by Crippen LogP contribution is 2.28. The molecule has 7 nitrogen and oxygen atoms in total. The minimum Gasteiger partial charge on any atom is -0.494 e. The van der Waals surface area contributed by atoms with Gasteiger partial charge in [-0.05, 0) is 61.0 Å². The third kappa shape index (κ3) is 5.84. The SMILES string of the molecule is CCOc1ccc(N2C[C@H](C(=O)Nc3ccccc3C(=O)NCc3ccc(F)cc3)CC2=O)cc1. The van der Waals surface area contributed by atoms with Crippen LogP contribution in [-0.2, 0) is 16.1 Å². The number of carbonyl (C=O) groups is 3. The van der Waals surface area contributed by atoms with Crippen LogP contribution in [-0.4, -0.2) is 30.9 Å². The Morgan fingerprint density at radius 1 is 1.03 bits per heavy atom. The van der Waals surface area contributed by atoms with Gasteiger partial charge < -0.3 is 20.3 Å². The van der Waals surface area contributed by atoms with Crippen molar-refractivity contribution >= 4 is 29.1 Å². The first kappa shape index (κ1) is 23.9. The molecule has 0 radical (unpaired) electrons. The minimum atomic E-state index is -0.551. The number of anilines is 2. The summed E-state index contributed by atoms with van der Waals surface area (Å²) in [6.07, 6.45) is 0.0813. The summed E-state index contributed by atoms with van der Waals surface area (Å²) in [6.45, 7) is 2.91. The summed E-state index contributed by atoms with van der Waals surface area (Å²) in [5.74, 6) is -1.02. The fraction of sp³-hybridized carbons (Fsp3) is 0.222. The Balaban J connectivity index is 1.39. The van der Waals surface area contributed by atoms with E-state index in [0.29, 0.717) is 29.3 Å². The predicted molar refractivity (Wildman–Crippen MR) is 131 cm³/mol. The number of nitrogens with zero attached hydrogens (tertiary/aromatic N) is 1. The largest absolute Gasteiger partial charge is 0.494 e.